The first kappa shape index (κ1) is 49.3. The number of halogens is 1. The van der Waals surface area contributed by atoms with Gasteiger partial charge in [0.25, 0.3) is 5.91 Å². The Labute approximate surface area is 429 Å². The monoisotopic (exact) mass is 1010 g/mol. The Balaban J connectivity index is 0.728. The molecule has 2 saturated heterocycles. The van der Waals surface area contributed by atoms with E-state index in [1.165, 1.54) is 10.5 Å². The van der Waals surface area contributed by atoms with Gasteiger partial charge in [-0.05, 0) is 64.9 Å². The molecule has 6 aromatic rings. The molecular formula is C55H61ClN10O5S. The van der Waals surface area contributed by atoms with Crippen molar-refractivity contribution in [1.29, 1.82) is 0 Å². The number of rotatable bonds is 17. The molecule has 3 amide bonds. The zero-order valence-electron chi connectivity index (χ0n) is 40.8. The molecule has 5 atom stereocenters. The van der Waals surface area contributed by atoms with Gasteiger partial charge in [0.05, 0.1) is 28.3 Å². The van der Waals surface area contributed by atoms with Gasteiger partial charge in [0.2, 0.25) is 11.8 Å². The number of hydrogen-bond donors (Lipinski definition) is 4. The molecule has 2 aromatic heterocycles. The van der Waals surface area contributed by atoms with Crippen LogP contribution in [0.2, 0.25) is 5.02 Å². The summed E-state index contributed by atoms with van der Waals surface area (Å²) in [6, 6.07) is 30.6. The third-order valence-corrected chi connectivity index (χ3v) is 16.0. The van der Waals surface area contributed by atoms with Crippen molar-refractivity contribution in [3.63, 3.8) is 0 Å². The molecule has 10 rings (SSSR count). The summed E-state index contributed by atoms with van der Waals surface area (Å²) >= 11 is 8.08. The van der Waals surface area contributed by atoms with E-state index >= 15 is 0 Å². The molecule has 2 fully saturated rings. The number of aliphatic hydroxyl groups is 1. The number of carbonyl (C=O) groups is 3. The van der Waals surface area contributed by atoms with Gasteiger partial charge in [0.1, 0.15) is 42.2 Å². The van der Waals surface area contributed by atoms with Crippen molar-refractivity contribution in [3.05, 3.63) is 142 Å². The number of fused-ring (bicyclic) bond motifs is 2. The third-order valence-electron chi connectivity index (χ3n) is 14.4. The van der Waals surface area contributed by atoms with Crippen molar-refractivity contribution < 1.29 is 24.2 Å². The Morgan fingerprint density at radius 1 is 0.931 bits per heavy atom. The van der Waals surface area contributed by atoms with Crippen LogP contribution in [0, 0.1) is 5.92 Å². The molecule has 4 aromatic carbocycles. The van der Waals surface area contributed by atoms with Crippen LogP contribution in [0.25, 0.3) is 22.3 Å². The molecule has 4 aliphatic rings. The van der Waals surface area contributed by atoms with Crippen LogP contribution < -0.4 is 15.4 Å². The number of amides is 3. The summed E-state index contributed by atoms with van der Waals surface area (Å²) in [5, 5.41) is 19.1. The lowest BCUT2D eigenvalue weighted by Gasteiger charge is -2.35. The molecule has 6 heterocycles. The maximum absolute atomic E-state index is 14.3. The first-order valence-corrected chi connectivity index (χ1v) is 26.2. The Morgan fingerprint density at radius 3 is 2.47 bits per heavy atom. The van der Waals surface area contributed by atoms with E-state index in [-0.39, 0.29) is 54.4 Å². The lowest BCUT2D eigenvalue weighted by molar-refractivity contribution is -0.143. The molecular weight excluding hydrogens is 948 g/mol. The number of carbonyl (C=O) groups excluding carboxylic acids is 3. The second kappa shape index (κ2) is 21.8. The molecule has 0 radical (unpaired) electrons. The number of ether oxygens (including phenoxy) is 1. The lowest BCUT2D eigenvalue weighted by atomic mass is 10.00. The number of aromatic nitrogens is 3. The summed E-state index contributed by atoms with van der Waals surface area (Å²) in [5.74, 6) is 0.362. The second-order valence-corrected chi connectivity index (χ2v) is 21.0. The van der Waals surface area contributed by atoms with E-state index in [9.17, 15) is 19.5 Å². The summed E-state index contributed by atoms with van der Waals surface area (Å²) in [4.78, 5) is 66.9. The van der Waals surface area contributed by atoms with E-state index in [0.717, 1.165) is 89.6 Å². The number of hydrogen-bond acceptors (Lipinski definition) is 12. The average Bonchev–Trinajstić information content (AvgIpc) is 4.19. The highest BCUT2D eigenvalue weighted by atomic mass is 35.5. The molecule has 4 N–H and O–H groups in total. The number of piperazine rings is 1. The minimum Gasteiger partial charge on any atom is -0.492 e. The molecule has 72 heavy (non-hydrogen) atoms. The molecule has 2 unspecified atom stereocenters. The van der Waals surface area contributed by atoms with E-state index in [0.29, 0.717) is 36.0 Å². The maximum atomic E-state index is 14.3. The van der Waals surface area contributed by atoms with Gasteiger partial charge in [-0.2, -0.15) is 0 Å². The number of likely N-dealkylation sites (tertiary alicyclic amines) is 1. The van der Waals surface area contributed by atoms with E-state index in [1.54, 1.807) is 29.1 Å². The highest BCUT2D eigenvalue weighted by molar-refractivity contribution is 8.12. The van der Waals surface area contributed by atoms with Crippen LogP contribution in [-0.4, -0.2) is 133 Å². The average molecular weight is 1010 g/mol. The van der Waals surface area contributed by atoms with Crippen molar-refractivity contribution in [3.8, 4) is 17.0 Å². The molecule has 4 aliphatic heterocycles. The number of benzene rings is 4. The molecule has 0 bridgehead atoms. The zero-order chi connectivity index (χ0) is 49.9. The van der Waals surface area contributed by atoms with Crippen molar-refractivity contribution >= 4 is 63.5 Å². The summed E-state index contributed by atoms with van der Waals surface area (Å²) in [7, 11) is 0. The van der Waals surface area contributed by atoms with Crippen molar-refractivity contribution in [2.75, 3.05) is 51.2 Å². The standard InChI is InChI=1S/C55H61ClN10O5S/c1-34(2)49(66-30-41-9-4-6-10-43(41)54(66)69)55(70)65-31-42(67)25-47(65)53(68)58-28-40-17-16-38(50-35(3)61-33-72-50)24-48(40)71-23-22-63-18-20-64(21-19-63)29-36-12-14-37(15-13-36)46-26-44-51(59-32-60-52(44)62-46)57-27-39-8-5-7-11-45(39)56/h4-17,24,26,32-35,42,47,49-50,67H,18-23,25,27-31H2,1-3H3,(H,58,68)(H2,57,59,60,62)/t35?,42-,47+,49+,50?/m1/s1. The van der Waals surface area contributed by atoms with Crippen molar-refractivity contribution in [2.45, 2.75) is 82.9 Å². The third kappa shape index (κ3) is 10.7. The predicted molar refractivity (Wildman–Crippen MR) is 283 cm³/mol. The number of H-pyrrole nitrogens is 1. The Morgan fingerprint density at radius 2 is 1.71 bits per heavy atom. The van der Waals surface area contributed by atoms with Gasteiger partial charge in [-0.1, -0.05) is 98.2 Å². The van der Waals surface area contributed by atoms with Gasteiger partial charge < -0.3 is 35.3 Å². The van der Waals surface area contributed by atoms with Crippen LogP contribution in [0.1, 0.15) is 70.6 Å². The highest BCUT2D eigenvalue weighted by Gasteiger charge is 2.46. The zero-order valence-corrected chi connectivity index (χ0v) is 42.4. The molecule has 0 spiro atoms. The summed E-state index contributed by atoms with van der Waals surface area (Å²) in [5.41, 5.74) is 10.4. The van der Waals surface area contributed by atoms with Crippen LogP contribution in [0.4, 0.5) is 5.82 Å². The van der Waals surface area contributed by atoms with Gasteiger partial charge in [0, 0.05) is 93.7 Å². The number of nitrogens with zero attached hydrogens (tertiary/aromatic N) is 7. The minimum atomic E-state index is -0.881. The molecule has 0 aliphatic carbocycles. The maximum Gasteiger partial charge on any atom is 0.255 e. The number of β-amino-alcohol motifs (C(OH)–C–C–N with tert-alkyl or cyclic N) is 1. The van der Waals surface area contributed by atoms with Gasteiger partial charge in [-0.15, -0.1) is 11.8 Å². The van der Waals surface area contributed by atoms with E-state index < -0.39 is 18.2 Å². The first-order valence-electron chi connectivity index (χ1n) is 24.9. The van der Waals surface area contributed by atoms with Crippen molar-refractivity contribution in [1.82, 2.24) is 39.9 Å². The quantitative estimate of drug-likeness (QED) is 0.0712. The van der Waals surface area contributed by atoms with Gasteiger partial charge in [0.15, 0.2) is 0 Å². The van der Waals surface area contributed by atoms with Crippen LogP contribution in [0.3, 0.4) is 0 Å². The topological polar surface area (TPSA) is 172 Å². The number of aliphatic imine (C=N–C) groups is 1. The van der Waals surface area contributed by atoms with E-state index in [1.807, 2.05) is 67.9 Å². The fourth-order valence-corrected chi connectivity index (χ4v) is 11.6. The Bertz CT molecular complexity index is 2960. The number of thioether (sulfide) groups is 1. The van der Waals surface area contributed by atoms with Crippen LogP contribution >= 0.6 is 23.4 Å². The van der Waals surface area contributed by atoms with Crippen LogP contribution in [0.5, 0.6) is 5.75 Å². The fraction of sp³-hybridized carbons (Fsp3) is 0.382. The lowest BCUT2D eigenvalue weighted by Crippen LogP contribution is -2.55. The smallest absolute Gasteiger partial charge is 0.255 e. The minimum absolute atomic E-state index is 0.0228. The molecule has 0 saturated carbocycles. The summed E-state index contributed by atoms with van der Waals surface area (Å²) in [6.45, 7) is 12.8. The van der Waals surface area contributed by atoms with Gasteiger partial charge >= 0.3 is 0 Å². The SMILES string of the molecule is CC1N=CSC1c1ccc(CNC(=O)[C@@H]2C[C@@H](O)CN2C(=O)[C@H](C(C)C)N2Cc3ccccc3C2=O)c(OCCN2CCN(Cc3ccc(-c4cc5c(NCc6ccccc6Cl)ncnc5[nH]4)cc3)CC2)c1. The molecule has 17 heteroatoms. The van der Waals surface area contributed by atoms with Crippen LogP contribution in [0.15, 0.2) is 108 Å². The van der Waals surface area contributed by atoms with E-state index in [2.05, 4.69) is 89.8 Å². The van der Waals surface area contributed by atoms with Crippen molar-refractivity contribution in [2.24, 2.45) is 10.9 Å². The van der Waals surface area contributed by atoms with Gasteiger partial charge in [-0.25, -0.2) is 9.97 Å². The largest absolute Gasteiger partial charge is 0.492 e. The Kier molecular flexibility index (Phi) is 14.9. The highest BCUT2D eigenvalue weighted by Crippen LogP contribution is 2.39. The van der Waals surface area contributed by atoms with Crippen LogP contribution in [-0.2, 0) is 35.8 Å². The fourth-order valence-electron chi connectivity index (χ4n) is 10.4. The Hall–Kier alpha value is -6.30. The number of aromatic amines is 1. The number of anilines is 1. The van der Waals surface area contributed by atoms with E-state index in [4.69, 9.17) is 16.3 Å². The summed E-state index contributed by atoms with van der Waals surface area (Å²) in [6.07, 6.45) is 0.819. The first-order chi connectivity index (χ1) is 35.0. The van der Waals surface area contributed by atoms with Gasteiger partial charge in [-0.3, -0.25) is 29.2 Å². The number of aliphatic hydroxyl groups excluding tert-OH is 1. The second-order valence-electron chi connectivity index (χ2n) is 19.6. The number of nitrogens with one attached hydrogen (secondary N) is 3. The molecule has 374 valence electrons. The molecule has 15 nitrogen and oxygen atoms in total. The predicted octanol–water partition coefficient (Wildman–Crippen LogP) is 7.55. The normalized spacial score (nSPS) is 20.7. The summed E-state index contributed by atoms with van der Waals surface area (Å²) < 4.78 is 6.57.